The van der Waals surface area contributed by atoms with Gasteiger partial charge in [-0.15, -0.1) is 0 Å². The van der Waals surface area contributed by atoms with Crippen LogP contribution in [0.3, 0.4) is 0 Å². The van der Waals surface area contributed by atoms with Crippen molar-refractivity contribution in [2.24, 2.45) is 4.99 Å². The van der Waals surface area contributed by atoms with Crippen molar-refractivity contribution >= 4 is 45.9 Å². The van der Waals surface area contributed by atoms with E-state index in [1.807, 2.05) is 0 Å². The minimum atomic E-state index is -4.59. The summed E-state index contributed by atoms with van der Waals surface area (Å²) in [5.74, 6) is 0. The van der Waals surface area contributed by atoms with Crippen molar-refractivity contribution < 1.29 is 18.1 Å². The Labute approximate surface area is 155 Å². The van der Waals surface area contributed by atoms with E-state index in [1.54, 1.807) is 0 Å². The maximum absolute atomic E-state index is 13.4. The molecule has 5 nitrogen and oxygen atoms in total. The van der Waals surface area contributed by atoms with Crippen LogP contribution in [0.15, 0.2) is 41.4 Å². The molecule has 1 aliphatic rings. The van der Waals surface area contributed by atoms with Crippen molar-refractivity contribution in [3.8, 4) is 0 Å². The number of hydrogen-bond donors (Lipinski definition) is 1. The smallest absolute Gasteiger partial charge is 0.348 e. The number of nitro groups is 1. The van der Waals surface area contributed by atoms with E-state index in [9.17, 15) is 23.3 Å². The van der Waals surface area contributed by atoms with E-state index < -0.39 is 16.7 Å². The number of aliphatic imine (C=N–C) groups is 1. The van der Waals surface area contributed by atoms with Crippen LogP contribution in [-0.2, 0) is 6.18 Å². The molecule has 0 spiro atoms. The molecule has 134 valence electrons. The number of nitrogens with zero attached hydrogens (tertiary/aromatic N) is 2. The predicted octanol–water partition coefficient (Wildman–Crippen LogP) is 4.86. The molecule has 0 aromatic heterocycles. The molecular formula is C16H9ClF3N3O2S. The predicted molar refractivity (Wildman–Crippen MR) is 96.3 cm³/mol. The number of fused-ring (bicyclic) bond motifs is 1. The van der Waals surface area contributed by atoms with Crippen molar-refractivity contribution in [3.63, 3.8) is 0 Å². The summed E-state index contributed by atoms with van der Waals surface area (Å²) in [5, 5.41) is 13.7. The zero-order chi connectivity index (χ0) is 19.1. The normalized spacial score (nSPS) is 14.2. The molecule has 0 saturated heterocycles. The van der Waals surface area contributed by atoms with Crippen LogP contribution < -0.4 is 5.32 Å². The summed E-state index contributed by atoms with van der Waals surface area (Å²) >= 11 is 11.0. The first kappa shape index (κ1) is 18.3. The van der Waals surface area contributed by atoms with Crippen LogP contribution >= 0.6 is 23.8 Å². The minimum Gasteiger partial charge on any atom is -0.348 e. The molecule has 0 unspecified atom stereocenters. The summed E-state index contributed by atoms with van der Waals surface area (Å²) in [7, 11) is 0. The fourth-order valence-corrected chi connectivity index (χ4v) is 3.00. The molecule has 26 heavy (non-hydrogen) atoms. The molecule has 1 aliphatic heterocycles. The second kappa shape index (κ2) is 6.65. The second-order valence-corrected chi connectivity index (χ2v) is 6.26. The molecule has 0 amide bonds. The number of hydrogen-bond acceptors (Lipinski definition) is 4. The van der Waals surface area contributed by atoms with E-state index in [0.29, 0.717) is 0 Å². The molecule has 0 fully saturated rings. The van der Waals surface area contributed by atoms with Crippen molar-refractivity contribution in [2.45, 2.75) is 6.18 Å². The molecule has 0 aliphatic carbocycles. The second-order valence-electron chi connectivity index (χ2n) is 5.36. The summed E-state index contributed by atoms with van der Waals surface area (Å²) in [6.45, 7) is -0.0586. The lowest BCUT2D eigenvalue weighted by Crippen LogP contribution is -2.15. The molecule has 0 atom stereocenters. The van der Waals surface area contributed by atoms with E-state index in [1.165, 1.54) is 24.3 Å². The zero-order valence-corrected chi connectivity index (χ0v) is 14.4. The van der Waals surface area contributed by atoms with E-state index in [2.05, 4.69) is 10.3 Å². The summed E-state index contributed by atoms with van der Waals surface area (Å²) in [6.07, 6.45) is -4.59. The van der Waals surface area contributed by atoms with E-state index >= 15 is 0 Å². The van der Waals surface area contributed by atoms with E-state index in [0.717, 1.165) is 12.1 Å². The van der Waals surface area contributed by atoms with Gasteiger partial charge in [0.2, 0.25) is 0 Å². The number of benzene rings is 2. The number of nitrogens with one attached hydrogen (secondary N) is 1. The highest BCUT2D eigenvalue weighted by molar-refractivity contribution is 7.80. The van der Waals surface area contributed by atoms with Crippen LogP contribution in [0.5, 0.6) is 0 Å². The Morgan fingerprint density at radius 3 is 2.58 bits per heavy atom. The molecule has 1 heterocycles. The molecule has 10 heteroatoms. The number of thiocarbonyl (C=S) groups is 1. The Balaban J connectivity index is 2.28. The van der Waals surface area contributed by atoms with Gasteiger partial charge in [0.1, 0.15) is 10.0 Å². The van der Waals surface area contributed by atoms with E-state index in [4.69, 9.17) is 23.8 Å². The van der Waals surface area contributed by atoms with E-state index in [-0.39, 0.29) is 44.8 Å². The molecule has 2 aromatic rings. The quantitative estimate of drug-likeness (QED) is 0.445. The average Bonchev–Trinajstić information content (AvgIpc) is 2.71. The first-order chi connectivity index (χ1) is 12.2. The highest BCUT2D eigenvalue weighted by atomic mass is 35.5. The molecule has 2 aromatic carbocycles. The van der Waals surface area contributed by atoms with Crippen LogP contribution in [0, 0.1) is 10.1 Å². The topological polar surface area (TPSA) is 67.5 Å². The number of nitro benzene ring substituents is 1. The number of alkyl halides is 3. The van der Waals surface area contributed by atoms with Crippen LogP contribution in [-0.4, -0.2) is 22.2 Å². The molecule has 3 rings (SSSR count). The van der Waals surface area contributed by atoms with Crippen molar-refractivity contribution in [3.05, 3.63) is 68.2 Å². The van der Waals surface area contributed by atoms with Crippen LogP contribution in [0.4, 0.5) is 24.5 Å². The maximum atomic E-state index is 13.4. The van der Waals surface area contributed by atoms with Crippen molar-refractivity contribution in [2.75, 3.05) is 11.9 Å². The molecule has 0 saturated carbocycles. The fraction of sp³-hybridized carbons (Fsp3) is 0.125. The number of halogens is 4. The largest absolute Gasteiger partial charge is 0.417 e. The van der Waals surface area contributed by atoms with Gasteiger partial charge in [-0.1, -0.05) is 42.0 Å². The van der Waals surface area contributed by atoms with Crippen molar-refractivity contribution in [1.29, 1.82) is 0 Å². The van der Waals surface area contributed by atoms with Gasteiger partial charge < -0.3 is 5.32 Å². The third kappa shape index (κ3) is 3.40. The lowest BCUT2D eigenvalue weighted by molar-refractivity contribution is -0.384. The maximum Gasteiger partial charge on any atom is 0.417 e. The standard InChI is InChI=1S/C16H9ClF3N3O2S/c17-11-5-9-12(6-13(11)23(24)25)22-14(26)7-21-15(9)8-3-1-2-4-10(8)16(18,19)20/h1-6H,7H2,(H,22,26). The highest BCUT2D eigenvalue weighted by Crippen LogP contribution is 2.37. The monoisotopic (exact) mass is 399 g/mol. The number of rotatable bonds is 2. The summed E-state index contributed by atoms with van der Waals surface area (Å²) in [6, 6.07) is 7.33. The van der Waals surface area contributed by atoms with Gasteiger partial charge in [-0.3, -0.25) is 15.1 Å². The number of anilines is 1. The summed E-state index contributed by atoms with van der Waals surface area (Å²) in [5.41, 5.74) is -1.01. The SMILES string of the molecule is O=[N+]([O-])c1cc2c(cc1Cl)C(c1ccccc1C(F)(F)F)=NCC(=S)N2. The van der Waals surface area contributed by atoms with Crippen LogP contribution in [0.1, 0.15) is 16.7 Å². The third-order valence-corrected chi connectivity index (χ3v) is 4.22. The Hall–Kier alpha value is -2.52. The highest BCUT2D eigenvalue weighted by Gasteiger charge is 2.35. The van der Waals surface area contributed by atoms with Gasteiger partial charge >= 0.3 is 6.18 Å². The first-order valence-electron chi connectivity index (χ1n) is 7.17. The molecule has 0 radical (unpaired) electrons. The Morgan fingerprint density at radius 1 is 1.23 bits per heavy atom. The number of benzodiazepines with no additional fused rings is 1. The van der Waals surface area contributed by atoms with Crippen molar-refractivity contribution in [1.82, 2.24) is 0 Å². The molecule has 1 N–H and O–H groups in total. The average molecular weight is 400 g/mol. The van der Waals surface area contributed by atoms with Gasteiger partial charge in [0.25, 0.3) is 5.69 Å². The van der Waals surface area contributed by atoms with Gasteiger partial charge in [0.05, 0.1) is 28.4 Å². The Bertz CT molecular complexity index is 960. The molecule has 0 bridgehead atoms. The Kier molecular flexibility index (Phi) is 4.68. The molecular weight excluding hydrogens is 391 g/mol. The van der Waals surface area contributed by atoms with Gasteiger partial charge in [0, 0.05) is 17.2 Å². The first-order valence-corrected chi connectivity index (χ1v) is 7.96. The van der Waals surface area contributed by atoms with Gasteiger partial charge in [-0.2, -0.15) is 13.2 Å². The summed E-state index contributed by atoms with van der Waals surface area (Å²) < 4.78 is 40.2. The Morgan fingerprint density at radius 2 is 1.92 bits per heavy atom. The van der Waals surface area contributed by atoms with Gasteiger partial charge in [-0.05, 0) is 12.1 Å². The fourth-order valence-electron chi connectivity index (χ4n) is 2.59. The van der Waals surface area contributed by atoms with Gasteiger partial charge in [0.15, 0.2) is 0 Å². The van der Waals surface area contributed by atoms with Crippen LogP contribution in [0.25, 0.3) is 0 Å². The lowest BCUT2D eigenvalue weighted by Gasteiger charge is -2.16. The minimum absolute atomic E-state index is 0.0112. The summed E-state index contributed by atoms with van der Waals surface area (Å²) in [4.78, 5) is 14.8. The van der Waals surface area contributed by atoms with Gasteiger partial charge in [-0.25, -0.2) is 0 Å². The van der Waals surface area contributed by atoms with Crippen LogP contribution in [0.2, 0.25) is 5.02 Å². The third-order valence-electron chi connectivity index (χ3n) is 3.68. The lowest BCUT2D eigenvalue weighted by atomic mass is 9.95. The zero-order valence-electron chi connectivity index (χ0n) is 12.8.